The zero-order chi connectivity index (χ0) is 19.9. The average molecular weight is 513 g/mol. The van der Waals surface area contributed by atoms with Gasteiger partial charge in [0.1, 0.15) is 0 Å². The van der Waals surface area contributed by atoms with Crippen molar-refractivity contribution in [1.29, 1.82) is 0 Å². The summed E-state index contributed by atoms with van der Waals surface area (Å²) in [7, 11) is -3.80. The van der Waals surface area contributed by atoms with Gasteiger partial charge in [0.05, 0.1) is 10.5 Å². The first-order valence-corrected chi connectivity index (χ1v) is 11.9. The summed E-state index contributed by atoms with van der Waals surface area (Å²) in [6, 6.07) is 3.56. The summed E-state index contributed by atoms with van der Waals surface area (Å²) in [6.45, 7) is 0.304. The minimum Gasteiger partial charge on any atom is -0.211 e. The molecule has 1 saturated carbocycles. The number of nitrogens with one attached hydrogen (secondary N) is 1. The van der Waals surface area contributed by atoms with Gasteiger partial charge in [-0.3, -0.25) is 0 Å². The van der Waals surface area contributed by atoms with E-state index in [0.29, 0.717) is 12.5 Å². The van der Waals surface area contributed by atoms with Gasteiger partial charge in [0.25, 0.3) is 0 Å². The lowest BCUT2D eigenvalue weighted by Crippen LogP contribution is -2.31. The van der Waals surface area contributed by atoms with Crippen LogP contribution in [0.5, 0.6) is 0 Å². The van der Waals surface area contributed by atoms with Crippen molar-refractivity contribution in [2.24, 2.45) is 11.8 Å². The Morgan fingerprint density at radius 3 is 2.30 bits per heavy atom. The van der Waals surface area contributed by atoms with Crippen molar-refractivity contribution in [2.45, 2.75) is 49.6 Å². The van der Waals surface area contributed by atoms with E-state index in [1.165, 1.54) is 0 Å². The van der Waals surface area contributed by atoms with Crippen LogP contribution in [0.25, 0.3) is 0 Å². The maximum Gasteiger partial charge on any atom is 0.416 e. The normalized spacial score (nSPS) is 20.7. The molecule has 0 heterocycles. The van der Waals surface area contributed by atoms with Crippen molar-refractivity contribution < 1.29 is 21.6 Å². The maximum absolute atomic E-state index is 12.6. The second-order valence-corrected chi connectivity index (χ2v) is 9.55. The Hall–Kier alpha value is -0.790. The largest absolute Gasteiger partial charge is 0.416 e. The maximum atomic E-state index is 12.6. The summed E-state index contributed by atoms with van der Waals surface area (Å²) in [6.07, 6.45) is 1.29. The molecule has 1 fully saturated rings. The highest BCUT2D eigenvalue weighted by Gasteiger charge is 2.30. The highest BCUT2D eigenvalue weighted by atomic mass is 127. The SMILES string of the molecule is O=S(=O)(NCC1CCC(C#CCCCI)CC1)c1ccc(C(F)(F)F)cc1. The van der Waals surface area contributed by atoms with E-state index in [1.54, 1.807) is 0 Å². The number of rotatable bonds is 6. The molecule has 0 radical (unpaired) electrons. The van der Waals surface area contributed by atoms with Gasteiger partial charge in [0.15, 0.2) is 0 Å². The van der Waals surface area contributed by atoms with E-state index in [2.05, 4.69) is 39.2 Å². The molecule has 1 N–H and O–H groups in total. The van der Waals surface area contributed by atoms with E-state index in [9.17, 15) is 21.6 Å². The smallest absolute Gasteiger partial charge is 0.211 e. The second kappa shape index (κ2) is 10.1. The second-order valence-electron chi connectivity index (χ2n) is 6.71. The van der Waals surface area contributed by atoms with Crippen LogP contribution in [-0.2, 0) is 16.2 Å². The molecule has 0 aliphatic heterocycles. The number of sulfonamides is 1. The first kappa shape index (κ1) is 22.5. The summed E-state index contributed by atoms with van der Waals surface area (Å²) < 4.78 is 66.0. The third-order valence-corrected chi connectivity index (χ3v) is 6.84. The number of hydrogen-bond acceptors (Lipinski definition) is 2. The van der Waals surface area contributed by atoms with E-state index in [0.717, 1.165) is 67.2 Å². The quantitative estimate of drug-likeness (QED) is 0.252. The van der Waals surface area contributed by atoms with Gasteiger partial charge in [-0.1, -0.05) is 28.5 Å². The molecule has 8 heteroatoms. The molecule has 1 aliphatic rings. The minimum absolute atomic E-state index is 0.148. The van der Waals surface area contributed by atoms with E-state index in [1.807, 2.05) is 0 Å². The first-order chi connectivity index (χ1) is 12.7. The summed E-state index contributed by atoms with van der Waals surface area (Å²) >= 11 is 2.34. The Morgan fingerprint density at radius 1 is 1.11 bits per heavy atom. The fourth-order valence-corrected chi connectivity index (χ4v) is 4.51. The van der Waals surface area contributed by atoms with Crippen LogP contribution in [0, 0.1) is 23.7 Å². The van der Waals surface area contributed by atoms with Crippen LogP contribution in [0.3, 0.4) is 0 Å². The zero-order valence-electron chi connectivity index (χ0n) is 14.9. The van der Waals surface area contributed by atoms with E-state index >= 15 is 0 Å². The summed E-state index contributed by atoms with van der Waals surface area (Å²) in [5.74, 6) is 7.15. The van der Waals surface area contributed by atoms with Crippen LogP contribution >= 0.6 is 22.6 Å². The lowest BCUT2D eigenvalue weighted by atomic mass is 9.82. The molecule has 0 unspecified atom stereocenters. The van der Waals surface area contributed by atoms with Crippen molar-refractivity contribution in [3.63, 3.8) is 0 Å². The fourth-order valence-electron chi connectivity index (χ4n) is 3.02. The molecule has 0 spiro atoms. The molecule has 150 valence electrons. The van der Waals surface area contributed by atoms with Crippen LogP contribution < -0.4 is 4.72 Å². The van der Waals surface area contributed by atoms with Crippen molar-refractivity contribution in [3.8, 4) is 11.8 Å². The molecule has 0 amide bonds. The summed E-state index contributed by atoms with van der Waals surface area (Å²) in [5.41, 5.74) is -0.862. The molecule has 0 bridgehead atoms. The predicted molar refractivity (Wildman–Crippen MR) is 108 cm³/mol. The molecular weight excluding hydrogens is 490 g/mol. The van der Waals surface area contributed by atoms with Crippen LogP contribution in [-0.4, -0.2) is 19.4 Å². The highest BCUT2D eigenvalue weighted by Crippen LogP contribution is 2.30. The highest BCUT2D eigenvalue weighted by molar-refractivity contribution is 14.1. The number of unbranched alkanes of at least 4 members (excludes halogenated alkanes) is 1. The number of alkyl halides is 4. The third-order valence-electron chi connectivity index (χ3n) is 4.64. The lowest BCUT2D eigenvalue weighted by molar-refractivity contribution is -0.137. The molecule has 0 atom stereocenters. The summed E-state index contributed by atoms with van der Waals surface area (Å²) in [4.78, 5) is -0.148. The van der Waals surface area contributed by atoms with Crippen molar-refractivity contribution in [1.82, 2.24) is 4.72 Å². The Morgan fingerprint density at radius 2 is 1.74 bits per heavy atom. The Kier molecular flexibility index (Phi) is 8.43. The van der Waals surface area contributed by atoms with Crippen molar-refractivity contribution >= 4 is 32.6 Å². The van der Waals surface area contributed by atoms with Gasteiger partial charge in [0, 0.05) is 23.3 Å². The van der Waals surface area contributed by atoms with Crippen molar-refractivity contribution in [3.05, 3.63) is 29.8 Å². The fraction of sp³-hybridized carbons (Fsp3) is 0.579. The molecule has 1 aromatic carbocycles. The molecule has 0 aromatic heterocycles. The monoisotopic (exact) mass is 513 g/mol. The van der Waals surface area contributed by atoms with E-state index < -0.39 is 21.8 Å². The van der Waals surface area contributed by atoms with Gasteiger partial charge in [-0.15, -0.1) is 5.92 Å². The van der Waals surface area contributed by atoms with Gasteiger partial charge >= 0.3 is 6.18 Å². The minimum atomic E-state index is -4.48. The molecule has 1 aromatic rings. The number of halogens is 4. The third kappa shape index (κ3) is 7.27. The average Bonchev–Trinajstić information content (AvgIpc) is 2.64. The van der Waals surface area contributed by atoms with Crippen LogP contribution in [0.1, 0.15) is 44.1 Å². The first-order valence-electron chi connectivity index (χ1n) is 8.93. The Labute approximate surface area is 172 Å². The van der Waals surface area contributed by atoms with E-state index in [-0.39, 0.29) is 10.8 Å². The molecule has 1 aliphatic carbocycles. The van der Waals surface area contributed by atoms with Crippen molar-refractivity contribution in [2.75, 3.05) is 11.0 Å². The van der Waals surface area contributed by atoms with Gasteiger partial charge in [-0.05, 0) is 62.3 Å². The number of hydrogen-bond donors (Lipinski definition) is 1. The summed E-state index contributed by atoms with van der Waals surface area (Å²) in [5, 5.41) is 0. The Balaban J connectivity index is 1.83. The van der Waals surface area contributed by atoms with Crippen LogP contribution in [0.15, 0.2) is 29.2 Å². The van der Waals surface area contributed by atoms with Gasteiger partial charge in [-0.25, -0.2) is 13.1 Å². The molecular formula is C19H23F3INO2S. The van der Waals surface area contributed by atoms with Crippen LogP contribution in [0.4, 0.5) is 13.2 Å². The Bertz CT molecular complexity index is 759. The topological polar surface area (TPSA) is 46.2 Å². The molecule has 27 heavy (non-hydrogen) atoms. The standard InChI is InChI=1S/C19H23F3INO2S/c20-19(21,22)17-9-11-18(12-10-17)27(25,26)24-14-16-7-5-15(6-8-16)4-2-1-3-13-23/h9-12,15-16,24H,1,3,5-8,13-14H2. The van der Waals surface area contributed by atoms with Crippen LogP contribution in [0.2, 0.25) is 0 Å². The molecule has 0 saturated heterocycles. The zero-order valence-corrected chi connectivity index (χ0v) is 17.8. The van der Waals surface area contributed by atoms with Gasteiger partial charge < -0.3 is 0 Å². The van der Waals surface area contributed by atoms with E-state index in [4.69, 9.17) is 0 Å². The van der Waals surface area contributed by atoms with Gasteiger partial charge in [-0.2, -0.15) is 13.2 Å². The number of benzene rings is 1. The molecule has 3 nitrogen and oxygen atoms in total. The predicted octanol–water partition coefficient (Wildman–Crippen LogP) is 5.01. The lowest BCUT2D eigenvalue weighted by Gasteiger charge is -2.25. The van der Waals surface area contributed by atoms with Gasteiger partial charge in [0.2, 0.25) is 10.0 Å². The molecule has 2 rings (SSSR count).